The molecule has 36 heavy (non-hydrogen) atoms. The van der Waals surface area contributed by atoms with E-state index in [0.29, 0.717) is 11.4 Å². The molecule has 4 heterocycles. The van der Waals surface area contributed by atoms with Crippen molar-refractivity contribution in [2.75, 3.05) is 25.1 Å². The van der Waals surface area contributed by atoms with E-state index in [2.05, 4.69) is 47.4 Å². The molecule has 3 aromatic heterocycles. The van der Waals surface area contributed by atoms with E-state index in [1.54, 1.807) is 10.7 Å². The highest BCUT2D eigenvalue weighted by molar-refractivity contribution is 14.1. The molecule has 186 valence electrons. The van der Waals surface area contributed by atoms with Crippen molar-refractivity contribution in [3.8, 4) is 17.0 Å². The molecule has 1 saturated heterocycles. The van der Waals surface area contributed by atoms with Gasteiger partial charge in [0.1, 0.15) is 5.52 Å². The minimum atomic E-state index is -0.765. The van der Waals surface area contributed by atoms with Crippen LogP contribution in [0.4, 0.5) is 14.6 Å². The number of aromatic nitrogens is 4. The van der Waals surface area contributed by atoms with Crippen molar-refractivity contribution < 1.29 is 13.5 Å². The predicted molar refractivity (Wildman–Crippen MR) is 141 cm³/mol. The fraction of sp³-hybridized carbons (Fsp3) is 0.346. The summed E-state index contributed by atoms with van der Waals surface area (Å²) in [7, 11) is 1.25. The zero-order valence-corrected chi connectivity index (χ0v) is 22.1. The van der Waals surface area contributed by atoms with Gasteiger partial charge in [-0.3, -0.25) is 8.51 Å². The maximum absolute atomic E-state index is 15.2. The molecule has 1 unspecified atom stereocenters. The van der Waals surface area contributed by atoms with Crippen molar-refractivity contribution in [3.63, 3.8) is 0 Å². The number of fused-ring (bicyclic) bond motifs is 2. The Morgan fingerprint density at radius 2 is 1.94 bits per heavy atom. The molecule has 4 aromatic rings. The Labute approximate surface area is 221 Å². The number of pyridine rings is 1. The van der Waals surface area contributed by atoms with Crippen LogP contribution in [0.25, 0.3) is 16.8 Å². The zero-order chi connectivity index (χ0) is 25.0. The topological polar surface area (TPSA) is 67.6 Å². The van der Waals surface area contributed by atoms with Gasteiger partial charge >= 0.3 is 0 Å². The number of hydrogen-bond acceptors (Lipinski definition) is 6. The van der Waals surface area contributed by atoms with Crippen LogP contribution in [0.5, 0.6) is 5.75 Å². The molecule has 0 saturated carbocycles. The third-order valence-electron chi connectivity index (χ3n) is 7.74. The van der Waals surface area contributed by atoms with Gasteiger partial charge in [0, 0.05) is 59.5 Å². The molecule has 1 aliphatic carbocycles. The first-order valence-corrected chi connectivity index (χ1v) is 13.0. The van der Waals surface area contributed by atoms with E-state index < -0.39 is 17.4 Å². The summed E-state index contributed by atoms with van der Waals surface area (Å²) in [5, 5.41) is 4.48. The number of benzene rings is 1. The fourth-order valence-electron chi connectivity index (χ4n) is 5.95. The number of anilines is 1. The maximum atomic E-state index is 15.2. The number of nitrogens with one attached hydrogen (secondary N) is 1. The molecule has 6 rings (SSSR count). The van der Waals surface area contributed by atoms with Crippen LogP contribution in [0.3, 0.4) is 0 Å². The molecule has 1 fully saturated rings. The van der Waals surface area contributed by atoms with Gasteiger partial charge in [0.15, 0.2) is 23.2 Å². The van der Waals surface area contributed by atoms with Crippen LogP contribution in [0.15, 0.2) is 42.7 Å². The van der Waals surface area contributed by atoms with Crippen LogP contribution >= 0.6 is 22.9 Å². The number of aryl methyl sites for hydroxylation is 1. The van der Waals surface area contributed by atoms with Gasteiger partial charge in [-0.2, -0.15) is 5.10 Å². The van der Waals surface area contributed by atoms with Crippen molar-refractivity contribution in [2.45, 2.75) is 32.2 Å². The van der Waals surface area contributed by atoms with Crippen molar-refractivity contribution in [3.05, 3.63) is 71.3 Å². The number of nitrogens with zero attached hydrogens (tertiary/aromatic N) is 5. The lowest BCUT2D eigenvalue weighted by atomic mass is 9.73. The normalized spacial score (nSPS) is 18.7. The second-order valence-corrected chi connectivity index (χ2v) is 10.2. The monoisotopic (exact) mass is 602 g/mol. The summed E-state index contributed by atoms with van der Waals surface area (Å²) in [4.78, 5) is 11.9. The van der Waals surface area contributed by atoms with E-state index in [0.717, 1.165) is 43.7 Å². The number of ether oxygens (including phenoxy) is 1. The molecule has 1 aliphatic heterocycles. The molecule has 0 bridgehead atoms. The van der Waals surface area contributed by atoms with E-state index in [9.17, 15) is 4.39 Å². The molecular weight excluding hydrogens is 577 g/mol. The van der Waals surface area contributed by atoms with Crippen LogP contribution in [0.1, 0.15) is 35.8 Å². The Hall–Kier alpha value is -2.86. The number of methoxy groups -OCH3 is 1. The van der Waals surface area contributed by atoms with Crippen LogP contribution in [0, 0.1) is 24.0 Å². The lowest BCUT2D eigenvalue weighted by molar-refractivity contribution is 0.181. The lowest BCUT2D eigenvalue weighted by Gasteiger charge is -2.43. The minimum Gasteiger partial charge on any atom is -0.491 e. The number of piperidine rings is 1. The van der Waals surface area contributed by atoms with Gasteiger partial charge in [-0.05, 0) is 61.4 Å². The summed E-state index contributed by atoms with van der Waals surface area (Å²) in [6.45, 7) is 3.51. The van der Waals surface area contributed by atoms with Crippen molar-refractivity contribution >= 4 is 34.2 Å². The lowest BCUT2D eigenvalue weighted by Crippen LogP contribution is -2.44. The molecule has 7 nitrogen and oxygen atoms in total. The third kappa shape index (κ3) is 3.48. The van der Waals surface area contributed by atoms with Crippen LogP contribution < -0.4 is 13.2 Å². The van der Waals surface area contributed by atoms with Crippen LogP contribution in [-0.4, -0.2) is 39.8 Å². The van der Waals surface area contributed by atoms with Crippen LogP contribution in [0.2, 0.25) is 0 Å². The van der Waals surface area contributed by atoms with Gasteiger partial charge < -0.3 is 9.64 Å². The summed E-state index contributed by atoms with van der Waals surface area (Å²) < 4.78 is 39.4. The largest absolute Gasteiger partial charge is 0.491 e. The maximum Gasteiger partial charge on any atom is 0.191 e. The summed E-state index contributed by atoms with van der Waals surface area (Å²) in [6, 6.07) is 8.97. The third-order valence-corrected chi connectivity index (χ3v) is 8.37. The van der Waals surface area contributed by atoms with E-state index >= 15 is 4.39 Å². The highest BCUT2D eigenvalue weighted by Crippen LogP contribution is 2.52. The first-order valence-electron chi connectivity index (χ1n) is 11.9. The van der Waals surface area contributed by atoms with Gasteiger partial charge in [0.05, 0.1) is 24.7 Å². The van der Waals surface area contributed by atoms with Gasteiger partial charge in [-0.1, -0.05) is 6.07 Å². The molecule has 1 spiro atoms. The first kappa shape index (κ1) is 23.5. The minimum absolute atomic E-state index is 0.119. The first-order chi connectivity index (χ1) is 17.5. The molecule has 1 aromatic carbocycles. The predicted octanol–water partition coefficient (Wildman–Crippen LogP) is 5.21. The van der Waals surface area contributed by atoms with E-state index in [1.165, 1.54) is 30.5 Å². The Bertz CT molecular complexity index is 1470. The average Bonchev–Trinajstić information content (AvgIpc) is 3.48. The van der Waals surface area contributed by atoms with E-state index in [-0.39, 0.29) is 17.0 Å². The molecule has 1 atom stereocenters. The molecular formula is C26H25F2IN6O. The van der Waals surface area contributed by atoms with Gasteiger partial charge in [0.25, 0.3) is 0 Å². The van der Waals surface area contributed by atoms with E-state index in [4.69, 9.17) is 9.72 Å². The Morgan fingerprint density at radius 1 is 1.14 bits per heavy atom. The van der Waals surface area contributed by atoms with Gasteiger partial charge in [-0.15, -0.1) is 0 Å². The molecule has 10 heteroatoms. The molecule has 2 aliphatic rings. The SMILES string of the molecule is COc1c(F)ccc(-c2c(C)nc(N3CCC4(CC3)Cc3ncccc3C4NI)c3ccnn23)c1F. The average molecular weight is 602 g/mol. The summed E-state index contributed by atoms with van der Waals surface area (Å²) >= 11 is 2.27. The number of hydrogen-bond donors (Lipinski definition) is 1. The quantitative estimate of drug-likeness (QED) is 0.256. The Balaban J connectivity index is 1.35. The Kier molecular flexibility index (Phi) is 5.83. The molecule has 0 radical (unpaired) electrons. The van der Waals surface area contributed by atoms with E-state index in [1.807, 2.05) is 25.3 Å². The summed E-state index contributed by atoms with van der Waals surface area (Å²) in [6.07, 6.45) is 6.52. The number of halogens is 3. The van der Waals surface area contributed by atoms with Crippen LogP contribution in [-0.2, 0) is 6.42 Å². The van der Waals surface area contributed by atoms with Crippen molar-refractivity contribution in [1.29, 1.82) is 0 Å². The summed E-state index contributed by atoms with van der Waals surface area (Å²) in [5.74, 6) is -1.10. The fourth-order valence-corrected chi connectivity index (χ4v) is 6.94. The second-order valence-electron chi connectivity index (χ2n) is 9.55. The zero-order valence-electron chi connectivity index (χ0n) is 19.9. The smallest absolute Gasteiger partial charge is 0.191 e. The highest BCUT2D eigenvalue weighted by atomic mass is 127. The highest BCUT2D eigenvalue weighted by Gasteiger charge is 2.48. The molecule has 1 N–H and O–H groups in total. The standard InChI is InChI=1S/C26H25F2IN6O/c1-15-22(17-5-6-18(27)23(36-2)21(17)28)35-20(7-11-31-35)25(32-15)34-12-8-26(9-13-34)14-19-16(24(26)33-29)4-3-10-30-19/h3-7,10-11,24,33H,8-9,12-14H2,1-2H3. The van der Waals surface area contributed by atoms with Crippen molar-refractivity contribution in [1.82, 2.24) is 23.1 Å². The van der Waals surface area contributed by atoms with Crippen molar-refractivity contribution in [2.24, 2.45) is 5.41 Å². The Morgan fingerprint density at radius 3 is 2.69 bits per heavy atom. The molecule has 0 amide bonds. The summed E-state index contributed by atoms with van der Waals surface area (Å²) in [5.41, 5.74) is 4.68. The van der Waals surface area contributed by atoms with Gasteiger partial charge in [-0.25, -0.2) is 18.3 Å². The van der Waals surface area contributed by atoms with Gasteiger partial charge in [0.2, 0.25) is 0 Å². The second kappa shape index (κ2) is 8.91. The number of rotatable bonds is 4.